The molecule has 1 aliphatic heterocycles. The highest BCUT2D eigenvalue weighted by molar-refractivity contribution is 7.97. The molecule has 2 heterocycles. The van der Waals surface area contributed by atoms with Crippen LogP contribution in [0.2, 0.25) is 0 Å². The summed E-state index contributed by atoms with van der Waals surface area (Å²) >= 11 is 1.77. The van der Waals surface area contributed by atoms with E-state index in [1.165, 1.54) is 5.56 Å². The van der Waals surface area contributed by atoms with Crippen molar-refractivity contribution in [2.45, 2.75) is 24.6 Å². The van der Waals surface area contributed by atoms with Gasteiger partial charge in [-0.05, 0) is 36.8 Å². The Hall–Kier alpha value is -1.75. The van der Waals surface area contributed by atoms with Crippen molar-refractivity contribution >= 4 is 17.7 Å². The van der Waals surface area contributed by atoms with E-state index in [0.717, 1.165) is 36.3 Å². The summed E-state index contributed by atoms with van der Waals surface area (Å²) in [6, 6.07) is 8.16. The molecule has 3 rings (SSSR count). The van der Waals surface area contributed by atoms with Crippen LogP contribution < -0.4 is 0 Å². The van der Waals surface area contributed by atoms with Gasteiger partial charge in [0, 0.05) is 36.7 Å². The third-order valence-corrected chi connectivity index (χ3v) is 4.73. The van der Waals surface area contributed by atoms with Crippen molar-refractivity contribution in [1.29, 1.82) is 0 Å². The maximum Gasteiger partial charge on any atom is 0.254 e. The molecule has 0 bridgehead atoms. The fourth-order valence-corrected chi connectivity index (χ4v) is 3.61. The average molecular weight is 315 g/mol. The molecular formula is C17H21N3OS. The van der Waals surface area contributed by atoms with Gasteiger partial charge in [-0.3, -0.25) is 9.48 Å². The van der Waals surface area contributed by atoms with Crippen molar-refractivity contribution in [3.05, 3.63) is 53.3 Å². The monoisotopic (exact) mass is 315 g/mol. The van der Waals surface area contributed by atoms with Gasteiger partial charge in [-0.1, -0.05) is 12.1 Å². The third-order valence-electron chi connectivity index (χ3n) is 4.11. The lowest BCUT2D eigenvalue weighted by molar-refractivity contribution is 0.0735. The van der Waals surface area contributed by atoms with Gasteiger partial charge in [-0.25, -0.2) is 0 Å². The molecule has 0 N–H and O–H groups in total. The van der Waals surface area contributed by atoms with E-state index in [0.29, 0.717) is 0 Å². The van der Waals surface area contributed by atoms with Gasteiger partial charge in [-0.15, -0.1) is 0 Å². The van der Waals surface area contributed by atoms with Gasteiger partial charge in [0.15, 0.2) is 0 Å². The van der Waals surface area contributed by atoms with Crippen LogP contribution >= 0.6 is 11.8 Å². The molecule has 0 spiro atoms. The minimum Gasteiger partial charge on any atom is -0.331 e. The van der Waals surface area contributed by atoms with Crippen molar-refractivity contribution < 1.29 is 4.79 Å². The first-order valence-electron chi connectivity index (χ1n) is 7.56. The second-order valence-electron chi connectivity index (χ2n) is 5.74. The summed E-state index contributed by atoms with van der Waals surface area (Å²) in [7, 11) is 1.91. The van der Waals surface area contributed by atoms with Gasteiger partial charge >= 0.3 is 0 Å². The highest BCUT2D eigenvalue weighted by Crippen LogP contribution is 2.33. The van der Waals surface area contributed by atoms with Crippen LogP contribution in [0, 0.1) is 0 Å². The first-order chi connectivity index (χ1) is 10.7. The molecule has 0 saturated carbocycles. The smallest absolute Gasteiger partial charge is 0.254 e. The highest BCUT2D eigenvalue weighted by Gasteiger charge is 2.31. The SMILES string of the molecule is CSCc1cccc(C(=O)N2CCC[C@@H]2c2cnn(C)c2)c1. The average Bonchev–Trinajstić information content (AvgIpc) is 3.15. The van der Waals surface area contributed by atoms with Crippen molar-refractivity contribution in [3.63, 3.8) is 0 Å². The summed E-state index contributed by atoms with van der Waals surface area (Å²) in [4.78, 5) is 14.9. The van der Waals surface area contributed by atoms with Gasteiger partial charge < -0.3 is 4.90 Å². The van der Waals surface area contributed by atoms with Crippen molar-refractivity contribution in [2.75, 3.05) is 12.8 Å². The van der Waals surface area contributed by atoms with E-state index in [1.54, 1.807) is 16.4 Å². The van der Waals surface area contributed by atoms with E-state index in [-0.39, 0.29) is 11.9 Å². The lowest BCUT2D eigenvalue weighted by atomic mass is 10.1. The van der Waals surface area contributed by atoms with Crippen LogP contribution in [0.3, 0.4) is 0 Å². The van der Waals surface area contributed by atoms with E-state index in [1.807, 2.05) is 42.5 Å². The Morgan fingerprint density at radius 2 is 2.32 bits per heavy atom. The molecule has 1 amide bonds. The number of hydrogen-bond donors (Lipinski definition) is 0. The lowest BCUT2D eigenvalue weighted by Crippen LogP contribution is -2.30. The second kappa shape index (κ2) is 6.57. The molecule has 1 aromatic heterocycles. The number of aromatic nitrogens is 2. The van der Waals surface area contributed by atoms with Crippen LogP contribution in [-0.4, -0.2) is 33.4 Å². The van der Waals surface area contributed by atoms with Gasteiger partial charge in [0.25, 0.3) is 5.91 Å². The zero-order valence-corrected chi connectivity index (χ0v) is 13.8. The van der Waals surface area contributed by atoms with Crippen LogP contribution in [0.4, 0.5) is 0 Å². The third kappa shape index (κ3) is 3.04. The Bertz CT molecular complexity index is 667. The topological polar surface area (TPSA) is 38.1 Å². The summed E-state index contributed by atoms with van der Waals surface area (Å²) in [6.07, 6.45) is 8.03. The van der Waals surface area contributed by atoms with Crippen molar-refractivity contribution in [3.8, 4) is 0 Å². The standard InChI is InChI=1S/C17H21N3OS/c1-19-11-15(10-18-19)16-7-4-8-20(16)17(21)14-6-3-5-13(9-14)12-22-2/h3,5-6,9-11,16H,4,7-8,12H2,1-2H3/t16-/m1/s1. The Morgan fingerprint density at radius 1 is 1.45 bits per heavy atom. The van der Waals surface area contributed by atoms with Crippen LogP contribution in [0.15, 0.2) is 36.7 Å². The Morgan fingerprint density at radius 3 is 3.05 bits per heavy atom. The quantitative estimate of drug-likeness (QED) is 0.869. The maximum atomic E-state index is 12.9. The molecule has 116 valence electrons. The summed E-state index contributed by atoms with van der Waals surface area (Å²) in [6.45, 7) is 0.825. The Labute approximate surface area is 135 Å². The van der Waals surface area contributed by atoms with Gasteiger partial charge in [-0.2, -0.15) is 16.9 Å². The molecule has 1 saturated heterocycles. The Kier molecular flexibility index (Phi) is 4.52. The number of thioether (sulfide) groups is 1. The lowest BCUT2D eigenvalue weighted by Gasteiger charge is -2.24. The molecule has 1 aliphatic rings. The molecule has 5 heteroatoms. The van der Waals surface area contributed by atoms with Crippen LogP contribution in [0.25, 0.3) is 0 Å². The van der Waals surface area contributed by atoms with Gasteiger partial charge in [0.05, 0.1) is 12.2 Å². The number of benzene rings is 1. The molecule has 2 aromatic rings. The molecule has 4 nitrogen and oxygen atoms in total. The van der Waals surface area contributed by atoms with Crippen LogP contribution in [0.5, 0.6) is 0 Å². The van der Waals surface area contributed by atoms with E-state index in [4.69, 9.17) is 0 Å². The van der Waals surface area contributed by atoms with Crippen molar-refractivity contribution in [1.82, 2.24) is 14.7 Å². The second-order valence-corrected chi connectivity index (χ2v) is 6.60. The molecule has 1 fully saturated rings. The molecular weight excluding hydrogens is 294 g/mol. The molecule has 1 aromatic carbocycles. The summed E-state index contributed by atoms with van der Waals surface area (Å²) in [5, 5.41) is 4.24. The van der Waals surface area contributed by atoms with Gasteiger partial charge in [0.1, 0.15) is 0 Å². The fourth-order valence-electron chi connectivity index (χ4n) is 3.10. The summed E-state index contributed by atoms with van der Waals surface area (Å²) < 4.78 is 1.80. The Balaban J connectivity index is 1.83. The van der Waals surface area contributed by atoms with Gasteiger partial charge in [0.2, 0.25) is 0 Å². The number of carbonyl (C=O) groups excluding carboxylic acids is 1. The number of nitrogens with zero attached hydrogens (tertiary/aromatic N) is 3. The van der Waals surface area contributed by atoms with Crippen molar-refractivity contribution in [2.24, 2.45) is 7.05 Å². The minimum atomic E-state index is 0.134. The zero-order chi connectivity index (χ0) is 15.5. The fraction of sp³-hybridized carbons (Fsp3) is 0.412. The predicted octanol–water partition coefficient (Wildman–Crippen LogP) is 3.26. The summed E-state index contributed by atoms with van der Waals surface area (Å²) in [5.41, 5.74) is 3.13. The van der Waals surface area contributed by atoms with E-state index >= 15 is 0 Å². The molecule has 22 heavy (non-hydrogen) atoms. The predicted molar refractivity (Wildman–Crippen MR) is 89.9 cm³/mol. The molecule has 1 atom stereocenters. The minimum absolute atomic E-state index is 0.134. The zero-order valence-electron chi connectivity index (χ0n) is 13.0. The number of rotatable bonds is 4. The maximum absolute atomic E-state index is 12.9. The highest BCUT2D eigenvalue weighted by atomic mass is 32.2. The number of hydrogen-bond acceptors (Lipinski definition) is 3. The molecule has 0 aliphatic carbocycles. The molecule has 0 radical (unpaired) electrons. The number of carbonyl (C=O) groups is 1. The van der Waals surface area contributed by atoms with Crippen LogP contribution in [0.1, 0.15) is 40.4 Å². The van der Waals surface area contributed by atoms with Crippen LogP contribution in [-0.2, 0) is 12.8 Å². The first-order valence-corrected chi connectivity index (χ1v) is 8.96. The first kappa shape index (κ1) is 15.2. The van der Waals surface area contributed by atoms with E-state index in [2.05, 4.69) is 17.4 Å². The van der Waals surface area contributed by atoms with E-state index < -0.39 is 0 Å². The number of aryl methyl sites for hydroxylation is 1. The number of likely N-dealkylation sites (tertiary alicyclic amines) is 1. The number of amides is 1. The largest absolute Gasteiger partial charge is 0.331 e. The molecule has 0 unspecified atom stereocenters. The summed E-state index contributed by atoms with van der Waals surface area (Å²) in [5.74, 6) is 1.07. The van der Waals surface area contributed by atoms with E-state index in [9.17, 15) is 4.79 Å². The normalized spacial score (nSPS) is 17.9.